The average molecular weight is 534 g/mol. The number of rotatable bonds is 13. The van der Waals surface area contributed by atoms with Crippen molar-refractivity contribution >= 4 is 0 Å². The number of hydrogen-bond acceptors (Lipinski definition) is 7. The van der Waals surface area contributed by atoms with E-state index in [4.69, 9.17) is 29.2 Å². The summed E-state index contributed by atoms with van der Waals surface area (Å²) in [4.78, 5) is 2.80. The molecule has 206 valence electrons. The Hall–Kier alpha value is -3.59. The van der Waals surface area contributed by atoms with E-state index >= 15 is 0 Å². The van der Waals surface area contributed by atoms with Crippen LogP contribution < -0.4 is 9.47 Å². The second-order valence-electron chi connectivity index (χ2n) is 9.32. The summed E-state index contributed by atoms with van der Waals surface area (Å²) in [7, 11) is 4.82. The zero-order valence-corrected chi connectivity index (χ0v) is 22.5. The fourth-order valence-electron chi connectivity index (χ4n) is 5.16. The highest BCUT2D eigenvalue weighted by atomic mass is 16.6. The first-order chi connectivity index (χ1) is 19.1. The van der Waals surface area contributed by atoms with Crippen molar-refractivity contribution in [1.29, 1.82) is 0 Å². The van der Waals surface area contributed by atoms with E-state index in [1.807, 2.05) is 78.9 Å². The Morgan fingerprint density at radius 1 is 0.846 bits per heavy atom. The minimum Gasteiger partial charge on any atom is -0.497 e. The highest BCUT2D eigenvalue weighted by Crippen LogP contribution is 2.42. The summed E-state index contributed by atoms with van der Waals surface area (Å²) in [6, 6.07) is 25.5. The maximum atomic E-state index is 11.1. The summed E-state index contributed by atoms with van der Waals surface area (Å²) in [5.41, 5.74) is 10.2. The smallest absolute Gasteiger partial charge is 0.143 e. The van der Waals surface area contributed by atoms with E-state index in [9.17, 15) is 5.11 Å². The molecule has 0 radical (unpaired) electrons. The third kappa shape index (κ3) is 6.19. The molecule has 0 aromatic heterocycles. The number of benzene rings is 3. The summed E-state index contributed by atoms with van der Waals surface area (Å²) in [6.45, 7) is 0.455. The Morgan fingerprint density at radius 2 is 1.41 bits per heavy atom. The van der Waals surface area contributed by atoms with Crippen molar-refractivity contribution in [3.05, 3.63) is 106 Å². The van der Waals surface area contributed by atoms with E-state index in [-0.39, 0.29) is 12.7 Å². The number of methoxy groups -OCH3 is 3. The topological polar surface area (TPSA) is 115 Å². The van der Waals surface area contributed by atoms with Gasteiger partial charge in [-0.05, 0) is 59.3 Å². The van der Waals surface area contributed by atoms with E-state index in [0.29, 0.717) is 19.4 Å². The molecule has 0 bridgehead atoms. The summed E-state index contributed by atoms with van der Waals surface area (Å²) >= 11 is 0. The Labute approximate surface area is 228 Å². The zero-order valence-electron chi connectivity index (χ0n) is 22.5. The number of hydrogen-bond donors (Lipinski definition) is 1. The largest absolute Gasteiger partial charge is 0.497 e. The molecule has 1 saturated heterocycles. The summed E-state index contributed by atoms with van der Waals surface area (Å²) in [6.07, 6.45) is -1.16. The second-order valence-corrected chi connectivity index (χ2v) is 9.32. The van der Waals surface area contributed by atoms with Gasteiger partial charge in [-0.1, -0.05) is 59.7 Å². The molecule has 9 heteroatoms. The number of azide groups is 1. The lowest BCUT2D eigenvalue weighted by molar-refractivity contribution is -0.0830. The quantitative estimate of drug-likeness (QED) is 0.106. The van der Waals surface area contributed by atoms with Crippen LogP contribution >= 0.6 is 0 Å². The third-order valence-electron chi connectivity index (χ3n) is 7.15. The van der Waals surface area contributed by atoms with Crippen molar-refractivity contribution in [3.63, 3.8) is 0 Å². The molecule has 1 heterocycles. The number of ether oxygens (including phenoxy) is 5. The lowest BCUT2D eigenvalue weighted by atomic mass is 9.80. The molecular formula is C30H35N3O6. The molecule has 1 aliphatic heterocycles. The molecule has 1 N–H and O–H groups in total. The molecule has 3 aromatic rings. The van der Waals surface area contributed by atoms with Crippen LogP contribution in [0.15, 0.2) is 84.0 Å². The van der Waals surface area contributed by atoms with Crippen LogP contribution in [0, 0.1) is 0 Å². The van der Waals surface area contributed by atoms with Crippen LogP contribution in [-0.4, -0.2) is 64.0 Å². The van der Waals surface area contributed by atoms with Gasteiger partial charge in [0.15, 0.2) is 0 Å². The summed E-state index contributed by atoms with van der Waals surface area (Å²) in [5, 5.41) is 14.7. The van der Waals surface area contributed by atoms with Crippen molar-refractivity contribution in [1.82, 2.24) is 0 Å². The molecule has 3 aromatic carbocycles. The van der Waals surface area contributed by atoms with E-state index in [1.54, 1.807) is 21.3 Å². The Balaban J connectivity index is 1.71. The highest BCUT2D eigenvalue weighted by Gasteiger charge is 2.46. The number of nitrogens with zero attached hydrogens (tertiary/aromatic N) is 3. The second kappa shape index (κ2) is 13.5. The average Bonchev–Trinajstić information content (AvgIpc) is 3.30. The third-order valence-corrected chi connectivity index (χ3v) is 7.15. The van der Waals surface area contributed by atoms with Gasteiger partial charge >= 0.3 is 0 Å². The molecule has 0 saturated carbocycles. The first-order valence-electron chi connectivity index (χ1n) is 12.9. The predicted molar refractivity (Wildman–Crippen MR) is 147 cm³/mol. The Bertz CT molecular complexity index is 1170. The number of aliphatic hydroxyl groups is 1. The first-order valence-corrected chi connectivity index (χ1v) is 12.9. The van der Waals surface area contributed by atoms with Gasteiger partial charge in [0, 0.05) is 18.6 Å². The normalized spacial score (nSPS) is 20.8. The first kappa shape index (κ1) is 28.4. The lowest BCUT2D eigenvalue weighted by Gasteiger charge is -2.37. The van der Waals surface area contributed by atoms with Gasteiger partial charge < -0.3 is 28.8 Å². The fraction of sp³-hybridized carbons (Fsp3) is 0.400. The SMILES string of the molecule is COc1ccc(C(OC[C@H]2O[C@H](CCCN=[N+]=[N-])[C@H](OC)[C@@H]2O)(c2ccccc2)c2ccc(OC)cc2)cc1. The maximum Gasteiger partial charge on any atom is 0.143 e. The van der Waals surface area contributed by atoms with Crippen LogP contribution in [0.1, 0.15) is 29.5 Å². The van der Waals surface area contributed by atoms with Crippen LogP contribution in [0.4, 0.5) is 0 Å². The van der Waals surface area contributed by atoms with Gasteiger partial charge in [0.2, 0.25) is 0 Å². The minimum atomic E-state index is -1.02. The fourth-order valence-corrected chi connectivity index (χ4v) is 5.16. The Morgan fingerprint density at radius 3 is 1.92 bits per heavy atom. The van der Waals surface area contributed by atoms with Gasteiger partial charge in [0.05, 0.1) is 26.9 Å². The molecule has 1 aliphatic rings. The van der Waals surface area contributed by atoms with Gasteiger partial charge in [-0.3, -0.25) is 0 Å². The van der Waals surface area contributed by atoms with Gasteiger partial charge in [-0.2, -0.15) is 0 Å². The van der Waals surface area contributed by atoms with Crippen LogP contribution in [0.2, 0.25) is 0 Å². The molecule has 4 rings (SSSR count). The summed E-state index contributed by atoms with van der Waals surface area (Å²) in [5.74, 6) is 1.47. The lowest BCUT2D eigenvalue weighted by Crippen LogP contribution is -2.40. The monoisotopic (exact) mass is 533 g/mol. The van der Waals surface area contributed by atoms with Gasteiger partial charge in [-0.25, -0.2) is 0 Å². The van der Waals surface area contributed by atoms with E-state index in [2.05, 4.69) is 10.0 Å². The van der Waals surface area contributed by atoms with Crippen molar-refractivity contribution < 1.29 is 28.8 Å². The molecule has 39 heavy (non-hydrogen) atoms. The van der Waals surface area contributed by atoms with Gasteiger partial charge in [0.25, 0.3) is 0 Å². The van der Waals surface area contributed by atoms with Crippen LogP contribution in [-0.2, 0) is 19.8 Å². The molecule has 4 atom stereocenters. The van der Waals surface area contributed by atoms with Crippen molar-refractivity contribution in [2.75, 3.05) is 34.5 Å². The van der Waals surface area contributed by atoms with E-state index in [0.717, 1.165) is 28.2 Å². The van der Waals surface area contributed by atoms with Crippen LogP contribution in [0.3, 0.4) is 0 Å². The van der Waals surface area contributed by atoms with Crippen molar-refractivity contribution in [2.45, 2.75) is 42.9 Å². The van der Waals surface area contributed by atoms with E-state index < -0.39 is 23.9 Å². The molecule has 0 amide bonds. The standard InChI is InChI=1S/C30H35N3O6/c1-35-24-15-11-22(12-16-24)30(21-8-5-4-6-9-21,23-13-17-25(36-2)18-14-23)38-20-27-28(34)29(37-3)26(39-27)10-7-19-32-33-31/h4-6,8-9,11-18,26-29,34H,7,10,19-20H2,1-3H3/t26-,27-,28-,29+/m1/s1. The molecule has 1 fully saturated rings. The number of aliphatic hydroxyl groups excluding tert-OH is 1. The zero-order chi connectivity index (χ0) is 27.7. The predicted octanol–water partition coefficient (Wildman–Crippen LogP) is 5.25. The van der Waals surface area contributed by atoms with Crippen LogP contribution in [0.5, 0.6) is 11.5 Å². The van der Waals surface area contributed by atoms with Crippen molar-refractivity contribution in [3.8, 4) is 11.5 Å². The Kier molecular flexibility index (Phi) is 9.81. The molecule has 0 spiro atoms. The molecular weight excluding hydrogens is 498 g/mol. The molecule has 0 unspecified atom stereocenters. The van der Waals surface area contributed by atoms with E-state index in [1.165, 1.54) is 0 Å². The highest BCUT2D eigenvalue weighted by molar-refractivity contribution is 5.49. The van der Waals surface area contributed by atoms with Crippen LogP contribution in [0.25, 0.3) is 10.4 Å². The van der Waals surface area contributed by atoms with Gasteiger partial charge in [0.1, 0.15) is 35.4 Å². The maximum absolute atomic E-state index is 11.1. The van der Waals surface area contributed by atoms with Gasteiger partial charge in [-0.15, -0.1) is 0 Å². The molecule has 9 nitrogen and oxygen atoms in total. The minimum absolute atomic E-state index is 0.0980. The summed E-state index contributed by atoms with van der Waals surface area (Å²) < 4.78 is 29.6. The van der Waals surface area contributed by atoms with Crippen molar-refractivity contribution in [2.24, 2.45) is 5.11 Å². The molecule has 0 aliphatic carbocycles.